The molecular formula is C6H8BrN3OS. The molecule has 1 unspecified atom stereocenters. The summed E-state index contributed by atoms with van der Waals surface area (Å²) in [5.41, 5.74) is 0.909. The molecule has 0 amide bonds. The lowest BCUT2D eigenvalue weighted by atomic mass is 10.2. The van der Waals surface area contributed by atoms with Gasteiger partial charge in [-0.15, -0.1) is 0 Å². The number of hydrogen-bond donors (Lipinski definition) is 1. The Balaban J connectivity index is 2.13. The summed E-state index contributed by atoms with van der Waals surface area (Å²) >= 11 is 4.54. The molecule has 0 aliphatic carbocycles. The Labute approximate surface area is 82.8 Å². The molecular weight excluding hydrogens is 242 g/mol. The molecule has 0 aromatic carbocycles. The van der Waals surface area contributed by atoms with E-state index in [9.17, 15) is 0 Å². The van der Waals surface area contributed by atoms with Gasteiger partial charge in [-0.3, -0.25) is 0 Å². The van der Waals surface area contributed by atoms with Gasteiger partial charge in [0.15, 0.2) is 0 Å². The van der Waals surface area contributed by atoms with Crippen LogP contribution in [-0.4, -0.2) is 28.4 Å². The zero-order valence-corrected chi connectivity index (χ0v) is 8.69. The first-order valence-electron chi connectivity index (χ1n) is 3.68. The first-order valence-corrected chi connectivity index (χ1v) is 5.20. The van der Waals surface area contributed by atoms with Gasteiger partial charge in [-0.2, -0.15) is 8.75 Å². The van der Waals surface area contributed by atoms with E-state index in [0.29, 0.717) is 0 Å². The van der Waals surface area contributed by atoms with E-state index in [4.69, 9.17) is 4.74 Å². The van der Waals surface area contributed by atoms with Crippen LogP contribution < -0.4 is 5.32 Å². The van der Waals surface area contributed by atoms with Gasteiger partial charge in [0.1, 0.15) is 16.4 Å². The molecule has 1 atom stereocenters. The van der Waals surface area contributed by atoms with Gasteiger partial charge in [0.05, 0.1) is 18.3 Å². The average molecular weight is 250 g/mol. The van der Waals surface area contributed by atoms with Crippen LogP contribution in [0.2, 0.25) is 0 Å². The summed E-state index contributed by atoms with van der Waals surface area (Å²) in [5.74, 6) is 0. The van der Waals surface area contributed by atoms with Crippen LogP contribution >= 0.6 is 27.7 Å². The smallest absolute Gasteiger partial charge is 0.145 e. The van der Waals surface area contributed by atoms with Crippen molar-refractivity contribution >= 4 is 27.7 Å². The maximum atomic E-state index is 5.51. The molecule has 1 fully saturated rings. The second kappa shape index (κ2) is 3.78. The lowest BCUT2D eigenvalue weighted by Gasteiger charge is -2.21. The van der Waals surface area contributed by atoms with Crippen LogP contribution in [0, 0.1) is 0 Å². The molecule has 0 bridgehead atoms. The van der Waals surface area contributed by atoms with Crippen molar-refractivity contribution in [1.82, 2.24) is 14.1 Å². The van der Waals surface area contributed by atoms with Crippen LogP contribution in [0.25, 0.3) is 0 Å². The zero-order chi connectivity index (χ0) is 8.39. The van der Waals surface area contributed by atoms with E-state index < -0.39 is 0 Å². The fraction of sp³-hybridized carbons (Fsp3) is 0.667. The summed E-state index contributed by atoms with van der Waals surface area (Å²) in [5, 5.41) is 3.24. The number of rotatable bonds is 1. The molecule has 1 N–H and O–H groups in total. The first-order chi connectivity index (χ1) is 5.88. The van der Waals surface area contributed by atoms with Gasteiger partial charge in [0, 0.05) is 13.1 Å². The topological polar surface area (TPSA) is 47.0 Å². The highest BCUT2D eigenvalue weighted by Gasteiger charge is 2.21. The zero-order valence-electron chi connectivity index (χ0n) is 6.29. The average Bonchev–Trinajstić information content (AvgIpc) is 2.53. The van der Waals surface area contributed by atoms with Gasteiger partial charge in [-0.05, 0) is 15.9 Å². The van der Waals surface area contributed by atoms with Crippen molar-refractivity contribution in [2.24, 2.45) is 0 Å². The van der Waals surface area contributed by atoms with E-state index in [1.165, 1.54) is 11.7 Å². The number of morpholine rings is 1. The quantitative estimate of drug-likeness (QED) is 0.806. The fourth-order valence-corrected chi connectivity index (χ4v) is 2.27. The maximum Gasteiger partial charge on any atom is 0.145 e. The predicted octanol–water partition coefficient (Wildman–Crippen LogP) is 0.961. The highest BCUT2D eigenvalue weighted by atomic mass is 79.9. The Morgan fingerprint density at radius 2 is 2.50 bits per heavy atom. The van der Waals surface area contributed by atoms with Crippen molar-refractivity contribution in [3.05, 3.63) is 10.3 Å². The van der Waals surface area contributed by atoms with Crippen molar-refractivity contribution < 1.29 is 4.74 Å². The normalized spacial score (nSPS) is 24.2. The van der Waals surface area contributed by atoms with Crippen LogP contribution in [0.3, 0.4) is 0 Å². The summed E-state index contributed by atoms with van der Waals surface area (Å²) < 4.78 is 14.5. The molecule has 0 radical (unpaired) electrons. The molecule has 0 saturated carbocycles. The van der Waals surface area contributed by atoms with Crippen molar-refractivity contribution in [3.8, 4) is 0 Å². The monoisotopic (exact) mass is 249 g/mol. The molecule has 2 rings (SSSR count). The van der Waals surface area contributed by atoms with E-state index in [1.54, 1.807) is 0 Å². The summed E-state index contributed by atoms with van der Waals surface area (Å²) in [7, 11) is 0. The summed E-state index contributed by atoms with van der Waals surface area (Å²) in [6, 6.07) is 0. The van der Waals surface area contributed by atoms with Gasteiger partial charge in [-0.25, -0.2) is 0 Å². The molecule has 4 nitrogen and oxygen atoms in total. The van der Waals surface area contributed by atoms with Crippen molar-refractivity contribution in [2.45, 2.75) is 6.10 Å². The SMILES string of the molecule is Brc1nsnc1C1CNCCO1. The van der Waals surface area contributed by atoms with Crippen LogP contribution in [0.15, 0.2) is 4.60 Å². The third-order valence-electron chi connectivity index (χ3n) is 1.70. The van der Waals surface area contributed by atoms with Crippen LogP contribution in [0.5, 0.6) is 0 Å². The standard InChI is InChI=1S/C6H8BrN3OS/c7-6-5(9-12-10-6)4-3-8-1-2-11-4/h4,8H,1-3H2. The van der Waals surface area contributed by atoms with Crippen LogP contribution in [0.4, 0.5) is 0 Å². The molecule has 2 heterocycles. The Hall–Kier alpha value is -0.0400. The third-order valence-corrected chi connectivity index (χ3v) is 3.06. The first kappa shape index (κ1) is 8.55. The largest absolute Gasteiger partial charge is 0.369 e. The number of nitrogens with one attached hydrogen (secondary N) is 1. The van der Waals surface area contributed by atoms with Crippen LogP contribution in [-0.2, 0) is 4.74 Å². The lowest BCUT2D eigenvalue weighted by Crippen LogP contribution is -2.33. The van der Waals surface area contributed by atoms with E-state index in [2.05, 4.69) is 30.0 Å². The van der Waals surface area contributed by atoms with Gasteiger partial charge < -0.3 is 10.1 Å². The van der Waals surface area contributed by atoms with Crippen molar-refractivity contribution in [2.75, 3.05) is 19.7 Å². The molecule has 66 valence electrons. The number of aromatic nitrogens is 2. The minimum Gasteiger partial charge on any atom is -0.369 e. The molecule has 0 spiro atoms. The molecule has 1 aliphatic rings. The molecule has 1 aromatic rings. The Morgan fingerprint density at radius 3 is 3.08 bits per heavy atom. The molecule has 1 aromatic heterocycles. The van der Waals surface area contributed by atoms with Gasteiger partial charge in [-0.1, -0.05) is 0 Å². The van der Waals surface area contributed by atoms with Gasteiger partial charge >= 0.3 is 0 Å². The van der Waals surface area contributed by atoms with E-state index in [-0.39, 0.29) is 6.10 Å². The van der Waals surface area contributed by atoms with Gasteiger partial charge in [0.25, 0.3) is 0 Å². The Kier molecular flexibility index (Phi) is 2.69. The summed E-state index contributed by atoms with van der Waals surface area (Å²) in [6.07, 6.45) is 0.0619. The number of hydrogen-bond acceptors (Lipinski definition) is 5. The molecule has 12 heavy (non-hydrogen) atoms. The molecule has 1 aliphatic heterocycles. The third kappa shape index (κ3) is 1.66. The van der Waals surface area contributed by atoms with E-state index in [1.807, 2.05) is 0 Å². The molecule has 6 heteroatoms. The fourth-order valence-electron chi connectivity index (χ4n) is 1.12. The summed E-state index contributed by atoms with van der Waals surface area (Å²) in [4.78, 5) is 0. The second-order valence-corrected chi connectivity index (χ2v) is 3.78. The van der Waals surface area contributed by atoms with Gasteiger partial charge in [0.2, 0.25) is 0 Å². The van der Waals surface area contributed by atoms with Crippen LogP contribution in [0.1, 0.15) is 11.8 Å². The Bertz CT molecular complexity index is 261. The molecule has 1 saturated heterocycles. The van der Waals surface area contributed by atoms with Crippen molar-refractivity contribution in [1.29, 1.82) is 0 Å². The summed E-state index contributed by atoms with van der Waals surface area (Å²) in [6.45, 7) is 2.49. The highest BCUT2D eigenvalue weighted by Crippen LogP contribution is 2.24. The Morgan fingerprint density at radius 1 is 1.58 bits per heavy atom. The predicted molar refractivity (Wildman–Crippen MR) is 49.2 cm³/mol. The number of halogens is 1. The lowest BCUT2D eigenvalue weighted by molar-refractivity contribution is 0.0250. The maximum absolute atomic E-state index is 5.51. The number of ether oxygens (including phenoxy) is 1. The minimum atomic E-state index is 0.0619. The highest BCUT2D eigenvalue weighted by molar-refractivity contribution is 9.10. The minimum absolute atomic E-state index is 0.0619. The number of nitrogens with zero attached hydrogens (tertiary/aromatic N) is 2. The van der Waals surface area contributed by atoms with Crippen molar-refractivity contribution in [3.63, 3.8) is 0 Å². The van der Waals surface area contributed by atoms with E-state index >= 15 is 0 Å². The van der Waals surface area contributed by atoms with E-state index in [0.717, 1.165) is 30.0 Å². The second-order valence-electron chi connectivity index (χ2n) is 2.50.